The summed E-state index contributed by atoms with van der Waals surface area (Å²) in [5, 5.41) is 3.18. The number of aryl methyl sites for hydroxylation is 1. The molecule has 0 aliphatic heterocycles. The van der Waals surface area contributed by atoms with Crippen LogP contribution in [0.4, 0.5) is 5.69 Å². The Morgan fingerprint density at radius 1 is 0.900 bits per heavy atom. The number of carbonyl (C=O) groups excluding carboxylic acids is 2. The molecule has 0 bridgehead atoms. The summed E-state index contributed by atoms with van der Waals surface area (Å²) in [5.74, 6) is -0.622. The largest absolute Gasteiger partial charge is 0.352 e. The first-order valence-corrected chi connectivity index (χ1v) is 15.5. The van der Waals surface area contributed by atoms with Crippen molar-refractivity contribution in [1.29, 1.82) is 0 Å². The van der Waals surface area contributed by atoms with Gasteiger partial charge in [-0.05, 0) is 56.0 Å². The van der Waals surface area contributed by atoms with Crippen molar-refractivity contribution in [2.45, 2.75) is 75.9 Å². The van der Waals surface area contributed by atoms with Crippen LogP contribution in [0.3, 0.4) is 0 Å². The molecule has 212 valence electrons. The second-order valence-corrected chi connectivity index (χ2v) is 12.3. The van der Waals surface area contributed by atoms with Crippen molar-refractivity contribution < 1.29 is 18.0 Å². The molecule has 7 nitrogen and oxygen atoms in total. The van der Waals surface area contributed by atoms with Crippen molar-refractivity contribution in [3.8, 4) is 0 Å². The highest BCUT2D eigenvalue weighted by atomic mass is 32.2. The van der Waals surface area contributed by atoms with Crippen LogP contribution in [0, 0.1) is 6.92 Å². The second kappa shape index (κ2) is 13.6. The summed E-state index contributed by atoms with van der Waals surface area (Å²) < 4.78 is 28.7. The van der Waals surface area contributed by atoms with E-state index in [1.54, 1.807) is 53.4 Å². The van der Waals surface area contributed by atoms with Crippen LogP contribution in [0.25, 0.3) is 0 Å². The zero-order valence-corrected chi connectivity index (χ0v) is 24.1. The van der Waals surface area contributed by atoms with Gasteiger partial charge in [-0.15, -0.1) is 0 Å². The molecule has 40 heavy (non-hydrogen) atoms. The van der Waals surface area contributed by atoms with Gasteiger partial charge in [0, 0.05) is 12.6 Å². The van der Waals surface area contributed by atoms with Crippen LogP contribution in [-0.4, -0.2) is 43.8 Å². The zero-order valence-electron chi connectivity index (χ0n) is 23.3. The molecule has 1 fully saturated rings. The maximum Gasteiger partial charge on any atom is 0.264 e. The number of carbonyl (C=O) groups is 2. The van der Waals surface area contributed by atoms with Gasteiger partial charge in [-0.3, -0.25) is 13.9 Å². The molecule has 1 N–H and O–H groups in total. The Balaban J connectivity index is 1.68. The Bertz CT molecular complexity index is 1370. The Morgan fingerprint density at radius 3 is 2.17 bits per heavy atom. The van der Waals surface area contributed by atoms with Crippen molar-refractivity contribution in [2.24, 2.45) is 0 Å². The first-order chi connectivity index (χ1) is 19.3. The molecule has 1 saturated carbocycles. The number of nitrogens with one attached hydrogen (secondary N) is 1. The number of benzene rings is 3. The highest BCUT2D eigenvalue weighted by Crippen LogP contribution is 2.25. The molecule has 0 saturated heterocycles. The minimum atomic E-state index is -4.05. The predicted molar refractivity (Wildman–Crippen MR) is 158 cm³/mol. The first-order valence-electron chi connectivity index (χ1n) is 14.1. The smallest absolute Gasteiger partial charge is 0.264 e. The minimum Gasteiger partial charge on any atom is -0.352 e. The quantitative estimate of drug-likeness (QED) is 0.338. The van der Waals surface area contributed by atoms with Crippen molar-refractivity contribution in [2.75, 3.05) is 10.8 Å². The van der Waals surface area contributed by atoms with E-state index in [-0.39, 0.29) is 23.4 Å². The van der Waals surface area contributed by atoms with E-state index in [9.17, 15) is 18.0 Å². The predicted octanol–water partition coefficient (Wildman–Crippen LogP) is 5.45. The highest BCUT2D eigenvalue weighted by Gasteiger charge is 2.34. The van der Waals surface area contributed by atoms with Crippen molar-refractivity contribution in [1.82, 2.24) is 10.2 Å². The fraction of sp³-hybridized carbons (Fsp3) is 0.375. The van der Waals surface area contributed by atoms with E-state index in [1.165, 1.54) is 18.6 Å². The van der Waals surface area contributed by atoms with Crippen molar-refractivity contribution in [3.05, 3.63) is 96.1 Å². The SMILES string of the molecule is CC[C@H](C(=O)NC1CCCCC1)N(Cc1cccc(C)c1)C(=O)CN(c1ccccc1)S(=O)(=O)c1ccccc1. The Labute approximate surface area is 238 Å². The number of para-hydroxylation sites is 1. The molecule has 1 atom stereocenters. The van der Waals surface area contributed by atoms with Gasteiger partial charge in [0.15, 0.2) is 0 Å². The Kier molecular flexibility index (Phi) is 9.98. The van der Waals surface area contributed by atoms with E-state index < -0.39 is 28.5 Å². The molecule has 1 aliphatic rings. The minimum absolute atomic E-state index is 0.0963. The van der Waals surface area contributed by atoms with E-state index in [4.69, 9.17) is 0 Å². The Morgan fingerprint density at radius 2 is 1.55 bits per heavy atom. The lowest BCUT2D eigenvalue weighted by atomic mass is 9.95. The molecule has 0 heterocycles. The lowest BCUT2D eigenvalue weighted by Crippen LogP contribution is -2.54. The van der Waals surface area contributed by atoms with Crippen LogP contribution in [-0.2, 0) is 26.2 Å². The van der Waals surface area contributed by atoms with Crippen molar-refractivity contribution >= 4 is 27.5 Å². The highest BCUT2D eigenvalue weighted by molar-refractivity contribution is 7.92. The van der Waals surface area contributed by atoms with Gasteiger partial charge >= 0.3 is 0 Å². The fourth-order valence-electron chi connectivity index (χ4n) is 5.31. The van der Waals surface area contributed by atoms with Crippen LogP contribution in [0.15, 0.2) is 89.8 Å². The topological polar surface area (TPSA) is 86.8 Å². The summed E-state index contributed by atoms with van der Waals surface area (Å²) in [6, 6.07) is 23.9. The summed E-state index contributed by atoms with van der Waals surface area (Å²) in [6.45, 7) is 3.63. The molecule has 4 rings (SSSR count). The third kappa shape index (κ3) is 7.30. The monoisotopic (exact) mass is 561 g/mol. The summed E-state index contributed by atoms with van der Waals surface area (Å²) in [7, 11) is -4.05. The molecule has 3 aromatic rings. The van der Waals surface area contributed by atoms with E-state index in [1.807, 2.05) is 38.1 Å². The van der Waals surface area contributed by atoms with Gasteiger partial charge in [-0.25, -0.2) is 8.42 Å². The third-order valence-electron chi connectivity index (χ3n) is 7.43. The summed E-state index contributed by atoms with van der Waals surface area (Å²) >= 11 is 0. The van der Waals surface area contributed by atoms with Crippen LogP contribution >= 0.6 is 0 Å². The lowest BCUT2D eigenvalue weighted by Gasteiger charge is -2.34. The van der Waals surface area contributed by atoms with E-state index >= 15 is 0 Å². The van der Waals surface area contributed by atoms with Gasteiger partial charge in [0.25, 0.3) is 10.0 Å². The van der Waals surface area contributed by atoms with Crippen LogP contribution < -0.4 is 9.62 Å². The van der Waals surface area contributed by atoms with E-state index in [2.05, 4.69) is 5.32 Å². The second-order valence-electron chi connectivity index (χ2n) is 10.4. The van der Waals surface area contributed by atoms with Crippen LogP contribution in [0.1, 0.15) is 56.6 Å². The fourth-order valence-corrected chi connectivity index (χ4v) is 6.75. The van der Waals surface area contributed by atoms with Gasteiger partial charge < -0.3 is 10.2 Å². The summed E-state index contributed by atoms with van der Waals surface area (Å²) in [6.07, 6.45) is 5.62. The Hall–Kier alpha value is -3.65. The van der Waals surface area contributed by atoms with Gasteiger partial charge in [0.05, 0.1) is 10.6 Å². The number of nitrogens with zero attached hydrogens (tertiary/aromatic N) is 2. The van der Waals surface area contributed by atoms with Crippen LogP contribution in [0.5, 0.6) is 0 Å². The lowest BCUT2D eigenvalue weighted by molar-refractivity contribution is -0.140. The zero-order chi connectivity index (χ0) is 28.5. The molecule has 1 aliphatic carbocycles. The van der Waals surface area contributed by atoms with E-state index in [0.29, 0.717) is 12.1 Å². The standard InChI is InChI=1S/C32H39N3O4S/c1-3-30(32(37)33-27-16-7-4-8-17-27)34(23-26-15-13-14-25(2)22-26)31(36)24-35(28-18-9-5-10-19-28)40(38,39)29-20-11-6-12-21-29/h5-6,9-15,18-22,27,30H,3-4,7-8,16-17,23-24H2,1-2H3,(H,33,37)/t30-/m1/s1. The molecule has 0 unspecified atom stereocenters. The van der Waals surface area contributed by atoms with Crippen molar-refractivity contribution in [3.63, 3.8) is 0 Å². The van der Waals surface area contributed by atoms with Gasteiger partial charge in [-0.2, -0.15) is 0 Å². The maximum absolute atomic E-state index is 14.1. The van der Waals surface area contributed by atoms with Gasteiger partial charge in [0.1, 0.15) is 12.6 Å². The van der Waals surface area contributed by atoms with Crippen LogP contribution in [0.2, 0.25) is 0 Å². The molecular formula is C32H39N3O4S. The number of amides is 2. The normalized spacial score (nSPS) is 14.8. The molecule has 0 aromatic heterocycles. The number of hydrogen-bond acceptors (Lipinski definition) is 4. The molecule has 0 spiro atoms. The van der Waals surface area contributed by atoms with E-state index in [0.717, 1.165) is 41.1 Å². The number of sulfonamides is 1. The summed E-state index contributed by atoms with van der Waals surface area (Å²) in [4.78, 5) is 29.4. The van der Waals surface area contributed by atoms with Gasteiger partial charge in [0.2, 0.25) is 11.8 Å². The number of hydrogen-bond donors (Lipinski definition) is 1. The number of anilines is 1. The molecule has 0 radical (unpaired) electrons. The molecule has 8 heteroatoms. The summed E-state index contributed by atoms with van der Waals surface area (Å²) in [5.41, 5.74) is 2.31. The molecule has 2 amide bonds. The molecular weight excluding hydrogens is 522 g/mol. The van der Waals surface area contributed by atoms with Gasteiger partial charge in [-0.1, -0.05) is 92.4 Å². The number of rotatable bonds is 11. The maximum atomic E-state index is 14.1. The molecule has 3 aromatic carbocycles. The average Bonchev–Trinajstić information content (AvgIpc) is 2.97. The third-order valence-corrected chi connectivity index (χ3v) is 9.22. The average molecular weight is 562 g/mol. The first kappa shape index (κ1) is 29.3.